The van der Waals surface area contributed by atoms with Crippen LogP contribution in [0.15, 0.2) is 109 Å². The maximum Gasteiger partial charge on any atom is 0.220 e. The van der Waals surface area contributed by atoms with Crippen molar-refractivity contribution in [2.45, 2.75) is 423 Å². The number of hydrogen-bond acceptors (Lipinski definition) is 8. The van der Waals surface area contributed by atoms with Crippen molar-refractivity contribution in [2.75, 3.05) is 13.2 Å². The van der Waals surface area contributed by atoms with E-state index >= 15 is 0 Å². The Balaban J connectivity index is 2.08. The normalized spacial score (nSPS) is 18.0. The van der Waals surface area contributed by atoms with Crippen molar-refractivity contribution < 1.29 is 39.8 Å². The Hall–Kier alpha value is -3.15. The zero-order valence-corrected chi connectivity index (χ0v) is 62.6. The molecule has 6 N–H and O–H groups in total. The summed E-state index contributed by atoms with van der Waals surface area (Å²) in [6.07, 6.45) is 104. The molecular formula is C87H155NO8. The van der Waals surface area contributed by atoms with Crippen LogP contribution >= 0.6 is 0 Å². The van der Waals surface area contributed by atoms with Gasteiger partial charge in [0, 0.05) is 6.42 Å². The number of ether oxygens (including phenoxy) is 2. The van der Waals surface area contributed by atoms with Crippen LogP contribution in [0.1, 0.15) is 380 Å². The predicted molar refractivity (Wildman–Crippen MR) is 414 cm³/mol. The second-order valence-corrected chi connectivity index (χ2v) is 28.2. The van der Waals surface area contributed by atoms with Crippen LogP contribution in [0.5, 0.6) is 0 Å². The molecule has 0 saturated carbocycles. The van der Waals surface area contributed by atoms with E-state index in [0.29, 0.717) is 6.42 Å². The Morgan fingerprint density at radius 1 is 0.365 bits per heavy atom. The van der Waals surface area contributed by atoms with E-state index in [1.807, 2.05) is 6.08 Å². The molecule has 0 bridgehead atoms. The third-order valence-corrected chi connectivity index (χ3v) is 19.1. The Morgan fingerprint density at radius 3 is 0.958 bits per heavy atom. The number of carbonyl (C=O) groups excluding carboxylic acids is 1. The highest BCUT2D eigenvalue weighted by Gasteiger charge is 2.44. The number of allylic oxidation sites excluding steroid dienone is 17. The first kappa shape index (κ1) is 90.9. The molecule has 1 saturated heterocycles. The number of unbranched alkanes of at least 4 members (excludes halogenated alkanes) is 46. The van der Waals surface area contributed by atoms with Crippen LogP contribution in [0.3, 0.4) is 0 Å². The summed E-state index contributed by atoms with van der Waals surface area (Å²) in [6.45, 7) is 3.71. The quantitative estimate of drug-likeness (QED) is 0.0261. The largest absolute Gasteiger partial charge is 0.394 e. The summed E-state index contributed by atoms with van der Waals surface area (Å²) in [5.74, 6) is -0.174. The van der Waals surface area contributed by atoms with Gasteiger partial charge in [-0.25, -0.2) is 0 Å². The van der Waals surface area contributed by atoms with E-state index in [2.05, 4.69) is 116 Å². The van der Waals surface area contributed by atoms with Crippen LogP contribution in [-0.4, -0.2) is 87.5 Å². The molecule has 9 nitrogen and oxygen atoms in total. The molecule has 0 aromatic heterocycles. The molecule has 9 heteroatoms. The first-order valence-electron chi connectivity index (χ1n) is 41.1. The fourth-order valence-electron chi connectivity index (χ4n) is 12.8. The predicted octanol–water partition coefficient (Wildman–Crippen LogP) is 23.9. The lowest BCUT2D eigenvalue weighted by Crippen LogP contribution is -2.60. The van der Waals surface area contributed by atoms with E-state index in [9.17, 15) is 30.3 Å². The zero-order chi connectivity index (χ0) is 69.2. The molecule has 0 spiro atoms. The van der Waals surface area contributed by atoms with Gasteiger partial charge in [0.1, 0.15) is 24.4 Å². The maximum absolute atomic E-state index is 13.2. The summed E-state index contributed by atoms with van der Waals surface area (Å²) >= 11 is 0. The maximum atomic E-state index is 13.2. The number of carbonyl (C=O) groups is 1. The first-order chi connectivity index (χ1) is 47.3. The van der Waals surface area contributed by atoms with E-state index in [1.54, 1.807) is 6.08 Å². The molecule has 96 heavy (non-hydrogen) atoms. The smallest absolute Gasteiger partial charge is 0.220 e. The second kappa shape index (κ2) is 74.5. The highest BCUT2D eigenvalue weighted by Crippen LogP contribution is 2.24. The third kappa shape index (κ3) is 61.9. The van der Waals surface area contributed by atoms with Gasteiger partial charge >= 0.3 is 0 Å². The summed E-state index contributed by atoms with van der Waals surface area (Å²) in [4.78, 5) is 13.2. The van der Waals surface area contributed by atoms with Gasteiger partial charge in [0.2, 0.25) is 5.91 Å². The lowest BCUT2D eigenvalue weighted by atomic mass is 9.99. The molecule has 0 aromatic rings. The highest BCUT2D eigenvalue weighted by atomic mass is 16.7. The molecule has 0 aliphatic carbocycles. The van der Waals surface area contributed by atoms with Crippen LogP contribution < -0.4 is 5.32 Å². The van der Waals surface area contributed by atoms with Crippen molar-refractivity contribution >= 4 is 5.91 Å². The molecule has 7 unspecified atom stereocenters. The number of nitrogens with one attached hydrogen (secondary N) is 1. The standard InChI is InChI=1S/C87H155NO8/c1-3-5-7-9-11-13-15-17-19-21-23-25-27-29-31-33-35-37-38-39-40-41-42-43-44-45-47-49-51-53-55-57-59-61-63-65-67-69-71-73-75-77-83(91)88-80(79-95-87-86(94)85(93)84(92)82(78-89)96-87)81(90)76-74-72-70-68-66-64-62-60-58-56-54-52-50-48-46-36-34-32-30-28-26-24-22-20-18-16-14-12-10-8-6-4-2/h5,7,11,13,17,19,23,25,29,31,35,37,39-40,42-43,74,76,80-82,84-87,89-90,92-94H,3-4,6,8-10,12,14-16,18,20-22,24,26-28,30,32-34,36,38,41,44-73,75,77-79H2,1-2H3,(H,88,91)/b7-5-,13-11-,19-17-,25-23-,31-29-,37-35-,40-39-,43-42-,76-74+. The molecule has 556 valence electrons. The molecule has 1 fully saturated rings. The molecule has 7 atom stereocenters. The minimum Gasteiger partial charge on any atom is -0.394 e. The van der Waals surface area contributed by atoms with Crippen LogP contribution in [0.4, 0.5) is 0 Å². The van der Waals surface area contributed by atoms with Crippen molar-refractivity contribution in [2.24, 2.45) is 0 Å². The number of rotatable bonds is 72. The second-order valence-electron chi connectivity index (χ2n) is 28.2. The summed E-state index contributed by atoms with van der Waals surface area (Å²) in [7, 11) is 0. The Labute approximate surface area is 593 Å². The van der Waals surface area contributed by atoms with Crippen molar-refractivity contribution in [3.8, 4) is 0 Å². The molecule has 1 rings (SSSR count). The van der Waals surface area contributed by atoms with Gasteiger partial charge in [-0.2, -0.15) is 0 Å². The topological polar surface area (TPSA) is 149 Å². The van der Waals surface area contributed by atoms with Crippen molar-refractivity contribution in [1.82, 2.24) is 5.32 Å². The monoisotopic (exact) mass is 1340 g/mol. The van der Waals surface area contributed by atoms with E-state index in [4.69, 9.17) is 9.47 Å². The lowest BCUT2D eigenvalue weighted by Gasteiger charge is -2.40. The first-order valence-corrected chi connectivity index (χ1v) is 41.1. The van der Waals surface area contributed by atoms with Crippen molar-refractivity contribution in [3.63, 3.8) is 0 Å². The van der Waals surface area contributed by atoms with Crippen molar-refractivity contribution in [3.05, 3.63) is 109 Å². The summed E-state index contributed by atoms with van der Waals surface area (Å²) in [5.41, 5.74) is 0. The van der Waals surface area contributed by atoms with Crippen LogP contribution in [0.25, 0.3) is 0 Å². The number of aliphatic hydroxyl groups is 5. The van der Waals surface area contributed by atoms with Gasteiger partial charge in [0.25, 0.3) is 0 Å². The van der Waals surface area contributed by atoms with Crippen LogP contribution in [0, 0.1) is 0 Å². The Bertz CT molecular complexity index is 1900. The van der Waals surface area contributed by atoms with Gasteiger partial charge in [-0.15, -0.1) is 0 Å². The molecule has 1 aliphatic rings. The number of amides is 1. The average molecular weight is 1340 g/mol. The van der Waals surface area contributed by atoms with E-state index < -0.39 is 49.5 Å². The number of aliphatic hydroxyl groups excluding tert-OH is 5. The lowest BCUT2D eigenvalue weighted by molar-refractivity contribution is -0.302. The van der Waals surface area contributed by atoms with E-state index in [-0.39, 0.29) is 12.5 Å². The van der Waals surface area contributed by atoms with E-state index in [0.717, 1.165) is 89.9 Å². The minimum atomic E-state index is -1.57. The van der Waals surface area contributed by atoms with Gasteiger partial charge in [-0.1, -0.05) is 399 Å². The molecular weight excluding hydrogens is 1190 g/mol. The fourth-order valence-corrected chi connectivity index (χ4v) is 12.8. The molecule has 1 heterocycles. The van der Waals surface area contributed by atoms with Crippen molar-refractivity contribution in [1.29, 1.82) is 0 Å². The minimum absolute atomic E-state index is 0.174. The van der Waals surface area contributed by atoms with Gasteiger partial charge < -0.3 is 40.3 Å². The Kier molecular flexibility index (Phi) is 70.5. The fraction of sp³-hybridized carbons (Fsp3) is 0.782. The number of hydrogen-bond donors (Lipinski definition) is 6. The average Bonchev–Trinajstić information content (AvgIpc) is 0.840. The van der Waals surface area contributed by atoms with Crippen LogP contribution in [-0.2, 0) is 14.3 Å². The Morgan fingerprint density at radius 2 is 0.646 bits per heavy atom. The molecule has 0 radical (unpaired) electrons. The summed E-state index contributed by atoms with van der Waals surface area (Å²) < 4.78 is 11.4. The van der Waals surface area contributed by atoms with Gasteiger partial charge in [-0.3, -0.25) is 4.79 Å². The van der Waals surface area contributed by atoms with Gasteiger partial charge in [0.15, 0.2) is 6.29 Å². The van der Waals surface area contributed by atoms with Gasteiger partial charge in [0.05, 0.1) is 25.4 Å². The summed E-state index contributed by atoms with van der Waals surface area (Å²) in [5, 5.41) is 55.0. The molecule has 1 amide bonds. The SMILES string of the molecule is CC/C=C\C/C=C\C/C=C\C/C=C\C/C=C\C/C=C\C/C=C\C/C=C\CCCCCCCCCCCCCCCCCCC(=O)NC(COC1OC(CO)C(O)C(O)C1O)C(O)/C=C/CCCCCCCCCCCCCCCCCCCCCCCCCCCCCCCC. The third-order valence-electron chi connectivity index (χ3n) is 19.1. The van der Waals surface area contributed by atoms with Gasteiger partial charge in [-0.05, 0) is 83.5 Å². The zero-order valence-electron chi connectivity index (χ0n) is 62.6. The highest BCUT2D eigenvalue weighted by molar-refractivity contribution is 5.76. The van der Waals surface area contributed by atoms with E-state index in [1.165, 1.54) is 270 Å². The molecule has 0 aromatic carbocycles. The van der Waals surface area contributed by atoms with Crippen LogP contribution in [0.2, 0.25) is 0 Å². The summed E-state index contributed by atoms with van der Waals surface area (Å²) in [6, 6.07) is -0.812. The molecule has 1 aliphatic heterocycles.